The lowest BCUT2D eigenvalue weighted by molar-refractivity contribution is -0.116. The first-order valence-electron chi connectivity index (χ1n) is 11.6. The van der Waals surface area contributed by atoms with Crippen LogP contribution < -0.4 is 25.8 Å². The molecule has 0 bridgehead atoms. The van der Waals surface area contributed by atoms with Crippen LogP contribution >= 0.6 is 11.8 Å². The topological polar surface area (TPSA) is 128 Å². The molecule has 1 aliphatic carbocycles. The van der Waals surface area contributed by atoms with Crippen molar-refractivity contribution in [2.45, 2.75) is 44.6 Å². The molecule has 1 fully saturated rings. The number of nitrogens with zero attached hydrogens (tertiary/aromatic N) is 2. The standard InChI is InChI=1S/C16H25NO2.C9H10N4O2S/c1-18-15-9-8-13(12-16(15)19-2)10-11-17-14-6-4-3-5-7-14;1-11-8(15)7(16-5-14)4-6-2-3-12-9(10)13-6/h8-9,12,14,17H,3-7,10-11H2,1-2H3;2-5H,1H3,(H,11,15)(H2,10,12,13)/b;7-4-. The van der Waals surface area contributed by atoms with Gasteiger partial charge in [-0.15, -0.1) is 0 Å². The van der Waals surface area contributed by atoms with Gasteiger partial charge in [-0.1, -0.05) is 25.3 Å². The maximum absolute atomic E-state index is 11.4. The van der Waals surface area contributed by atoms with Gasteiger partial charge in [0.1, 0.15) is 0 Å². The molecule has 1 aromatic carbocycles. The molecule has 3 rings (SSSR count). The summed E-state index contributed by atoms with van der Waals surface area (Å²) in [5, 5.41) is 6.09. The highest BCUT2D eigenvalue weighted by atomic mass is 32.2. The van der Waals surface area contributed by atoms with Crippen molar-refractivity contribution < 1.29 is 19.1 Å². The summed E-state index contributed by atoms with van der Waals surface area (Å²) in [6.07, 6.45) is 10.8. The molecule has 35 heavy (non-hydrogen) atoms. The summed E-state index contributed by atoms with van der Waals surface area (Å²) in [6.45, 7) is 1.04. The van der Waals surface area contributed by atoms with Gasteiger partial charge in [0.15, 0.2) is 17.1 Å². The molecule has 190 valence electrons. The zero-order valence-electron chi connectivity index (χ0n) is 20.6. The van der Waals surface area contributed by atoms with Crippen LogP contribution in [0, 0.1) is 0 Å². The van der Waals surface area contributed by atoms with Crippen LogP contribution in [0.2, 0.25) is 0 Å². The van der Waals surface area contributed by atoms with Crippen LogP contribution in [0.5, 0.6) is 11.5 Å². The summed E-state index contributed by atoms with van der Waals surface area (Å²) in [6, 6.07) is 8.49. The quantitative estimate of drug-likeness (QED) is 0.332. The molecule has 10 heteroatoms. The summed E-state index contributed by atoms with van der Waals surface area (Å²) in [7, 11) is 4.83. The van der Waals surface area contributed by atoms with E-state index in [0.717, 1.165) is 42.3 Å². The first-order valence-corrected chi connectivity index (χ1v) is 12.5. The number of ether oxygens (including phenoxy) is 2. The van der Waals surface area contributed by atoms with Crippen molar-refractivity contribution in [3.63, 3.8) is 0 Å². The monoisotopic (exact) mass is 501 g/mol. The molecule has 9 nitrogen and oxygen atoms in total. The van der Waals surface area contributed by atoms with Crippen molar-refractivity contribution in [3.05, 3.63) is 46.6 Å². The molecule has 0 atom stereocenters. The number of hydrogen-bond acceptors (Lipinski definition) is 9. The van der Waals surface area contributed by atoms with Crippen molar-refractivity contribution in [1.29, 1.82) is 0 Å². The number of benzene rings is 1. The third-order valence-corrected chi connectivity index (χ3v) is 6.15. The molecular formula is C25H35N5O4S. The zero-order chi connectivity index (χ0) is 25.5. The van der Waals surface area contributed by atoms with Gasteiger partial charge < -0.3 is 25.8 Å². The van der Waals surface area contributed by atoms with Crippen LogP contribution in [0.1, 0.15) is 43.4 Å². The third-order valence-electron chi connectivity index (χ3n) is 5.50. The lowest BCUT2D eigenvalue weighted by Crippen LogP contribution is -2.32. The lowest BCUT2D eigenvalue weighted by Gasteiger charge is -2.22. The highest BCUT2D eigenvalue weighted by Gasteiger charge is 2.12. The predicted molar refractivity (Wildman–Crippen MR) is 141 cm³/mol. The first-order chi connectivity index (χ1) is 17.0. The van der Waals surface area contributed by atoms with Crippen LogP contribution in [0.3, 0.4) is 0 Å². The molecule has 0 saturated heterocycles. The Bertz CT molecular complexity index is 980. The summed E-state index contributed by atoms with van der Waals surface area (Å²) < 4.78 is 10.6. The van der Waals surface area contributed by atoms with E-state index in [1.54, 1.807) is 20.3 Å². The minimum atomic E-state index is -0.353. The van der Waals surface area contributed by atoms with Crippen LogP contribution in [0.25, 0.3) is 6.08 Å². The van der Waals surface area contributed by atoms with Gasteiger partial charge in [-0.05, 0) is 67.4 Å². The van der Waals surface area contributed by atoms with E-state index in [1.807, 2.05) is 6.07 Å². The van der Waals surface area contributed by atoms with Crippen LogP contribution in [-0.2, 0) is 16.0 Å². The predicted octanol–water partition coefficient (Wildman–Crippen LogP) is 3.24. The Morgan fingerprint density at radius 1 is 1.17 bits per heavy atom. The van der Waals surface area contributed by atoms with Gasteiger partial charge in [0.2, 0.25) is 5.95 Å². The Morgan fingerprint density at radius 2 is 1.91 bits per heavy atom. The summed E-state index contributed by atoms with van der Waals surface area (Å²) in [4.78, 5) is 29.6. The minimum Gasteiger partial charge on any atom is -0.493 e. The number of likely N-dealkylation sites (N-methyl/N-ethyl adjacent to an activating group) is 1. The first kappa shape index (κ1) is 28.1. The molecule has 1 amide bonds. The molecule has 1 saturated carbocycles. The molecule has 4 N–H and O–H groups in total. The van der Waals surface area contributed by atoms with E-state index in [-0.39, 0.29) is 16.8 Å². The maximum Gasteiger partial charge on any atom is 0.257 e. The number of carbonyl (C=O) groups excluding carboxylic acids is 2. The summed E-state index contributed by atoms with van der Waals surface area (Å²) in [5.74, 6) is 1.37. The van der Waals surface area contributed by atoms with Gasteiger partial charge >= 0.3 is 0 Å². The van der Waals surface area contributed by atoms with E-state index >= 15 is 0 Å². The van der Waals surface area contributed by atoms with Gasteiger partial charge in [-0.2, -0.15) is 0 Å². The van der Waals surface area contributed by atoms with E-state index in [2.05, 4.69) is 32.7 Å². The van der Waals surface area contributed by atoms with E-state index in [9.17, 15) is 9.59 Å². The summed E-state index contributed by atoms with van der Waals surface area (Å²) in [5.41, 5.74) is 7.73. The molecule has 0 unspecified atom stereocenters. The largest absolute Gasteiger partial charge is 0.493 e. The highest BCUT2D eigenvalue weighted by Crippen LogP contribution is 2.27. The Balaban J connectivity index is 0.000000251. The van der Waals surface area contributed by atoms with Gasteiger partial charge in [0.25, 0.3) is 5.91 Å². The van der Waals surface area contributed by atoms with Crippen molar-refractivity contribution in [3.8, 4) is 11.5 Å². The molecule has 0 spiro atoms. The smallest absolute Gasteiger partial charge is 0.257 e. The van der Waals surface area contributed by atoms with Crippen LogP contribution in [0.15, 0.2) is 35.4 Å². The number of amides is 1. The number of nitrogens with one attached hydrogen (secondary N) is 2. The van der Waals surface area contributed by atoms with E-state index < -0.39 is 0 Å². The number of carbonyl (C=O) groups is 2. The number of methoxy groups -OCH3 is 2. The number of aromatic nitrogens is 2. The van der Waals surface area contributed by atoms with Crippen molar-refractivity contribution >= 4 is 35.3 Å². The summed E-state index contributed by atoms with van der Waals surface area (Å²) >= 11 is 0.777. The Labute approximate surface area is 211 Å². The number of thioether (sulfide) groups is 1. The second-order valence-corrected chi connectivity index (χ2v) is 8.74. The normalized spacial score (nSPS) is 13.9. The van der Waals surface area contributed by atoms with E-state index in [1.165, 1.54) is 57.0 Å². The molecular weight excluding hydrogens is 466 g/mol. The van der Waals surface area contributed by atoms with Crippen molar-refractivity contribution in [2.24, 2.45) is 0 Å². The zero-order valence-corrected chi connectivity index (χ0v) is 21.4. The van der Waals surface area contributed by atoms with Gasteiger partial charge in [-0.25, -0.2) is 9.97 Å². The van der Waals surface area contributed by atoms with Gasteiger partial charge in [0.05, 0.1) is 24.8 Å². The number of nitrogen functional groups attached to an aromatic ring is 1. The number of rotatable bonds is 10. The average Bonchev–Trinajstić information content (AvgIpc) is 2.89. The number of anilines is 1. The second-order valence-electron chi connectivity index (χ2n) is 7.87. The molecule has 2 aromatic rings. The molecule has 1 aliphatic rings. The van der Waals surface area contributed by atoms with Crippen LogP contribution in [-0.4, -0.2) is 55.3 Å². The van der Waals surface area contributed by atoms with E-state index in [4.69, 9.17) is 15.2 Å². The number of hydrogen-bond donors (Lipinski definition) is 3. The van der Waals surface area contributed by atoms with Crippen LogP contribution in [0.4, 0.5) is 5.95 Å². The fourth-order valence-electron chi connectivity index (χ4n) is 3.69. The molecule has 0 radical (unpaired) electrons. The molecule has 0 aliphatic heterocycles. The van der Waals surface area contributed by atoms with E-state index in [0.29, 0.717) is 11.3 Å². The minimum absolute atomic E-state index is 0.112. The average molecular weight is 502 g/mol. The van der Waals surface area contributed by atoms with Gasteiger partial charge in [-0.3, -0.25) is 9.59 Å². The Morgan fingerprint density at radius 3 is 2.54 bits per heavy atom. The second kappa shape index (κ2) is 15.7. The van der Waals surface area contributed by atoms with Crippen molar-refractivity contribution in [2.75, 3.05) is 33.5 Å². The lowest BCUT2D eigenvalue weighted by atomic mass is 9.95. The third kappa shape index (κ3) is 9.96. The SMILES string of the molecule is CNC(=O)/C(=C/c1ccnc(N)n1)SC=O.COc1ccc(CCNC2CCCCC2)cc1OC. The Hall–Kier alpha value is -3.11. The molecule has 1 aromatic heterocycles. The molecule has 1 heterocycles. The maximum atomic E-state index is 11.4. The number of nitrogens with two attached hydrogens (primary N) is 1. The van der Waals surface area contributed by atoms with Crippen molar-refractivity contribution in [1.82, 2.24) is 20.6 Å². The fourth-order valence-corrected chi connectivity index (χ4v) is 4.20. The highest BCUT2D eigenvalue weighted by molar-refractivity contribution is 8.16. The fraction of sp³-hybridized carbons (Fsp3) is 0.440. The Kier molecular flexibility index (Phi) is 12.6. The van der Waals surface area contributed by atoms with Gasteiger partial charge in [0, 0.05) is 19.3 Å².